The van der Waals surface area contributed by atoms with Gasteiger partial charge in [0.1, 0.15) is 0 Å². The second-order valence-corrected chi connectivity index (χ2v) is 8.50. The van der Waals surface area contributed by atoms with E-state index in [1.54, 1.807) is 6.07 Å². The van der Waals surface area contributed by atoms with Gasteiger partial charge in [-0.25, -0.2) is 0 Å². The lowest BCUT2D eigenvalue weighted by Crippen LogP contribution is -2.24. The zero-order valence-electron chi connectivity index (χ0n) is 18.3. The molecule has 1 aliphatic heterocycles. The van der Waals surface area contributed by atoms with Crippen LogP contribution in [0.1, 0.15) is 41.7 Å². The number of aromatic nitrogens is 4. The molecule has 8 nitrogen and oxygen atoms in total. The number of H-pyrrole nitrogens is 2. The molecule has 5 rings (SSSR count). The van der Waals surface area contributed by atoms with Crippen LogP contribution in [0.3, 0.4) is 0 Å². The lowest BCUT2D eigenvalue weighted by molar-refractivity contribution is 0.102. The molecule has 0 bridgehead atoms. The molecule has 8 heteroatoms. The Kier molecular flexibility index (Phi) is 5.99. The van der Waals surface area contributed by atoms with Crippen molar-refractivity contribution in [1.29, 1.82) is 0 Å². The monoisotopic (exact) mass is 442 g/mol. The van der Waals surface area contributed by atoms with Crippen molar-refractivity contribution >= 4 is 22.5 Å². The van der Waals surface area contributed by atoms with Gasteiger partial charge in [-0.1, -0.05) is 18.9 Å². The Hall–Kier alpha value is -3.78. The molecule has 0 radical (unpaired) electrons. The van der Waals surface area contributed by atoms with Crippen molar-refractivity contribution in [3.8, 4) is 11.1 Å². The molecule has 0 unspecified atom stereocenters. The second-order valence-electron chi connectivity index (χ2n) is 8.50. The summed E-state index contributed by atoms with van der Waals surface area (Å²) in [5, 5.41) is 10.6. The molecule has 1 fully saturated rings. The Balaban J connectivity index is 1.39. The number of carbonyl (C=O) groups is 1. The minimum absolute atomic E-state index is 0.227. The zero-order valence-corrected chi connectivity index (χ0v) is 18.3. The summed E-state index contributed by atoms with van der Waals surface area (Å²) in [6, 6.07) is 11.0. The molecule has 1 amide bonds. The number of nitrogens with zero attached hydrogens (tertiary/aromatic N) is 3. The molecule has 0 aliphatic carbocycles. The van der Waals surface area contributed by atoms with Crippen LogP contribution in [0.5, 0.6) is 0 Å². The number of hydrogen-bond donors (Lipinski definition) is 3. The smallest absolute Gasteiger partial charge is 0.276 e. The summed E-state index contributed by atoms with van der Waals surface area (Å²) in [6.45, 7) is 3.18. The number of nitrogens with one attached hydrogen (secondary N) is 3. The van der Waals surface area contributed by atoms with E-state index < -0.39 is 0 Å². The molecule has 168 valence electrons. The molecule has 1 aliphatic rings. The molecule has 4 heterocycles. The summed E-state index contributed by atoms with van der Waals surface area (Å²) in [6.07, 6.45) is 10.4. The van der Waals surface area contributed by atoms with Gasteiger partial charge in [0.15, 0.2) is 5.69 Å². The van der Waals surface area contributed by atoms with Crippen LogP contribution in [0.15, 0.2) is 59.8 Å². The van der Waals surface area contributed by atoms with E-state index in [4.69, 9.17) is 0 Å². The van der Waals surface area contributed by atoms with E-state index in [2.05, 4.69) is 36.4 Å². The number of likely N-dealkylation sites (tertiary alicyclic amines) is 1. The number of aromatic amines is 2. The SMILES string of the molecule is O=C(Nc1ccc(=O)[nH]c1)c1n[nH]c2ccc(-c3cncc(CN4CCCCCC4)c3)cc12. The van der Waals surface area contributed by atoms with E-state index in [1.165, 1.54) is 43.5 Å². The molecular weight excluding hydrogens is 416 g/mol. The van der Waals surface area contributed by atoms with Crippen LogP contribution in [0.4, 0.5) is 5.69 Å². The molecule has 0 spiro atoms. The molecule has 0 atom stereocenters. The first kappa shape index (κ1) is 21.1. The molecule has 4 aromatic rings. The molecule has 1 aromatic carbocycles. The van der Waals surface area contributed by atoms with Gasteiger partial charge in [0.2, 0.25) is 5.56 Å². The van der Waals surface area contributed by atoms with Crippen molar-refractivity contribution in [3.63, 3.8) is 0 Å². The number of amides is 1. The number of fused-ring (bicyclic) bond motifs is 1. The molecule has 33 heavy (non-hydrogen) atoms. The van der Waals surface area contributed by atoms with E-state index >= 15 is 0 Å². The van der Waals surface area contributed by atoms with Gasteiger partial charge in [-0.15, -0.1) is 0 Å². The number of pyridine rings is 2. The van der Waals surface area contributed by atoms with Crippen molar-refractivity contribution in [3.05, 3.63) is 76.6 Å². The largest absolute Gasteiger partial charge is 0.327 e. The Morgan fingerprint density at radius 3 is 2.64 bits per heavy atom. The van der Waals surface area contributed by atoms with Crippen molar-refractivity contribution in [2.45, 2.75) is 32.2 Å². The van der Waals surface area contributed by atoms with Crippen molar-refractivity contribution < 1.29 is 4.79 Å². The third-order valence-corrected chi connectivity index (χ3v) is 6.05. The van der Waals surface area contributed by atoms with Gasteiger partial charge >= 0.3 is 0 Å². The van der Waals surface area contributed by atoms with Gasteiger partial charge < -0.3 is 10.3 Å². The lowest BCUT2D eigenvalue weighted by Gasteiger charge is -2.19. The number of hydrogen-bond acceptors (Lipinski definition) is 5. The summed E-state index contributed by atoms with van der Waals surface area (Å²) < 4.78 is 0. The minimum atomic E-state index is -0.349. The van der Waals surface area contributed by atoms with Gasteiger partial charge in [0, 0.05) is 42.2 Å². The third kappa shape index (κ3) is 4.85. The maximum absolute atomic E-state index is 12.8. The predicted octanol–water partition coefficient (Wildman–Crippen LogP) is 3.94. The van der Waals surface area contributed by atoms with E-state index in [-0.39, 0.29) is 11.5 Å². The highest BCUT2D eigenvalue weighted by Gasteiger charge is 2.16. The standard InChI is InChI=1S/C25H26N6O2/c32-23-8-6-20(15-27-23)28-25(33)24-21-12-18(5-7-22(21)29-30-24)19-11-17(13-26-14-19)16-31-9-3-1-2-4-10-31/h5-8,11-15H,1-4,9-10,16H2,(H,27,32)(H,28,33)(H,29,30). The van der Waals surface area contributed by atoms with Gasteiger partial charge in [0.25, 0.3) is 5.91 Å². The average Bonchev–Trinajstić information content (AvgIpc) is 3.09. The van der Waals surface area contributed by atoms with Crippen LogP contribution in [-0.2, 0) is 6.54 Å². The van der Waals surface area contributed by atoms with Crippen LogP contribution >= 0.6 is 0 Å². The Morgan fingerprint density at radius 2 is 1.85 bits per heavy atom. The highest BCUT2D eigenvalue weighted by Crippen LogP contribution is 2.26. The van der Waals surface area contributed by atoms with Crippen molar-refractivity contribution in [2.24, 2.45) is 0 Å². The fourth-order valence-electron chi connectivity index (χ4n) is 4.33. The van der Waals surface area contributed by atoms with Crippen molar-refractivity contribution in [1.82, 2.24) is 25.1 Å². The summed E-state index contributed by atoms with van der Waals surface area (Å²) >= 11 is 0. The number of benzene rings is 1. The summed E-state index contributed by atoms with van der Waals surface area (Å²) in [5.41, 5.74) is 4.53. The minimum Gasteiger partial charge on any atom is -0.327 e. The molecule has 0 saturated carbocycles. The van der Waals surface area contributed by atoms with E-state index in [1.807, 2.05) is 30.6 Å². The average molecular weight is 443 g/mol. The maximum Gasteiger partial charge on any atom is 0.276 e. The summed E-state index contributed by atoms with van der Waals surface area (Å²) in [5.74, 6) is -0.349. The molecule has 3 N–H and O–H groups in total. The highest BCUT2D eigenvalue weighted by molar-refractivity contribution is 6.11. The van der Waals surface area contributed by atoms with Gasteiger partial charge in [-0.3, -0.25) is 24.6 Å². The van der Waals surface area contributed by atoms with Crippen LogP contribution < -0.4 is 10.9 Å². The zero-order chi connectivity index (χ0) is 22.6. The van der Waals surface area contributed by atoms with E-state index in [0.717, 1.165) is 41.7 Å². The van der Waals surface area contributed by atoms with Gasteiger partial charge in [0.05, 0.1) is 11.2 Å². The van der Waals surface area contributed by atoms with E-state index in [9.17, 15) is 9.59 Å². The highest BCUT2D eigenvalue weighted by atomic mass is 16.2. The summed E-state index contributed by atoms with van der Waals surface area (Å²) in [7, 11) is 0. The normalized spacial score (nSPS) is 14.8. The quantitative estimate of drug-likeness (QED) is 0.434. The first-order chi connectivity index (χ1) is 16.2. The predicted molar refractivity (Wildman–Crippen MR) is 128 cm³/mol. The first-order valence-electron chi connectivity index (χ1n) is 11.3. The maximum atomic E-state index is 12.8. The topological polar surface area (TPSA) is 107 Å². The van der Waals surface area contributed by atoms with Gasteiger partial charge in [-0.05, 0) is 61.3 Å². The lowest BCUT2D eigenvalue weighted by atomic mass is 10.0. The third-order valence-electron chi connectivity index (χ3n) is 6.05. The molecule has 3 aromatic heterocycles. The number of rotatable bonds is 5. The summed E-state index contributed by atoms with van der Waals surface area (Å²) in [4.78, 5) is 33.6. The van der Waals surface area contributed by atoms with Crippen LogP contribution in [0.2, 0.25) is 0 Å². The van der Waals surface area contributed by atoms with Crippen LogP contribution in [0.25, 0.3) is 22.0 Å². The van der Waals surface area contributed by atoms with E-state index in [0.29, 0.717) is 11.4 Å². The fourth-order valence-corrected chi connectivity index (χ4v) is 4.33. The Morgan fingerprint density at radius 1 is 1.00 bits per heavy atom. The first-order valence-corrected chi connectivity index (χ1v) is 11.3. The molecule has 1 saturated heterocycles. The van der Waals surface area contributed by atoms with Crippen LogP contribution in [-0.4, -0.2) is 44.1 Å². The Bertz CT molecular complexity index is 1310. The Labute approximate surface area is 191 Å². The van der Waals surface area contributed by atoms with Crippen LogP contribution in [0, 0.1) is 0 Å². The number of anilines is 1. The molecular formula is C25H26N6O2. The fraction of sp³-hybridized carbons (Fsp3) is 0.280. The van der Waals surface area contributed by atoms with Gasteiger partial charge in [-0.2, -0.15) is 5.10 Å². The number of carbonyl (C=O) groups excluding carboxylic acids is 1. The second kappa shape index (κ2) is 9.38. The van der Waals surface area contributed by atoms with Crippen molar-refractivity contribution in [2.75, 3.05) is 18.4 Å².